The van der Waals surface area contributed by atoms with Gasteiger partial charge in [0.25, 0.3) is 0 Å². The van der Waals surface area contributed by atoms with Crippen molar-refractivity contribution in [3.8, 4) is 5.75 Å². The van der Waals surface area contributed by atoms with Gasteiger partial charge in [-0.3, -0.25) is 10.4 Å². The zero-order valence-electron chi connectivity index (χ0n) is 9.53. The van der Waals surface area contributed by atoms with Crippen LogP contribution >= 0.6 is 0 Å². The Labute approximate surface area is 103 Å². The second-order valence-corrected chi connectivity index (χ2v) is 3.79. The zero-order valence-corrected chi connectivity index (χ0v) is 9.53. The Bertz CT molecular complexity index is 623. The molecule has 3 N–H and O–H groups in total. The molecule has 6 heteroatoms. The first-order valence-electron chi connectivity index (χ1n) is 5.16. The van der Waals surface area contributed by atoms with Crippen molar-refractivity contribution < 1.29 is 20.7 Å². The fourth-order valence-electron chi connectivity index (χ4n) is 1.82. The van der Waals surface area contributed by atoms with Crippen LogP contribution in [0.2, 0.25) is 0 Å². The SMILES string of the molecule is CC(=NO)c1cc(N(O)O)c2ccccc2c1[O-]. The van der Waals surface area contributed by atoms with Crippen LogP contribution in [-0.2, 0) is 0 Å². The molecule has 2 aromatic rings. The summed E-state index contributed by atoms with van der Waals surface area (Å²) in [5.41, 5.74) is 0.261. The first-order valence-corrected chi connectivity index (χ1v) is 5.16. The highest BCUT2D eigenvalue weighted by Crippen LogP contribution is 2.34. The predicted molar refractivity (Wildman–Crippen MR) is 63.4 cm³/mol. The first-order chi connectivity index (χ1) is 8.56. The average molecular weight is 247 g/mol. The Morgan fingerprint density at radius 1 is 1.22 bits per heavy atom. The van der Waals surface area contributed by atoms with E-state index in [1.165, 1.54) is 13.0 Å². The van der Waals surface area contributed by atoms with E-state index >= 15 is 0 Å². The molecule has 6 nitrogen and oxygen atoms in total. The van der Waals surface area contributed by atoms with E-state index in [2.05, 4.69) is 5.16 Å². The summed E-state index contributed by atoms with van der Waals surface area (Å²) < 4.78 is 0. The largest absolute Gasteiger partial charge is 0.872 e. The monoisotopic (exact) mass is 247 g/mol. The lowest BCUT2D eigenvalue weighted by Crippen LogP contribution is -2.14. The van der Waals surface area contributed by atoms with Gasteiger partial charge in [-0.05, 0) is 23.9 Å². The third-order valence-corrected chi connectivity index (χ3v) is 2.73. The Morgan fingerprint density at radius 3 is 2.39 bits per heavy atom. The summed E-state index contributed by atoms with van der Waals surface area (Å²) in [6.07, 6.45) is 0. The molecule has 0 unspecified atom stereocenters. The molecule has 0 radical (unpaired) electrons. The fourth-order valence-corrected chi connectivity index (χ4v) is 1.82. The molecule has 0 fully saturated rings. The topological polar surface area (TPSA) is 99.4 Å². The molecule has 94 valence electrons. The number of rotatable bonds is 2. The molecule has 2 rings (SSSR count). The van der Waals surface area contributed by atoms with Gasteiger partial charge in [-0.2, -0.15) is 0 Å². The molecule has 18 heavy (non-hydrogen) atoms. The molecule has 2 aromatic carbocycles. The molecule has 0 aliphatic heterocycles. The van der Waals surface area contributed by atoms with Crippen LogP contribution in [-0.4, -0.2) is 21.3 Å². The Hall–Kier alpha value is -2.31. The summed E-state index contributed by atoms with van der Waals surface area (Å²) in [6.45, 7) is 1.45. The maximum atomic E-state index is 12.1. The number of anilines is 1. The minimum Gasteiger partial charge on any atom is -0.872 e. The molecule has 0 heterocycles. The van der Waals surface area contributed by atoms with Crippen LogP contribution < -0.4 is 10.3 Å². The van der Waals surface area contributed by atoms with Crippen LogP contribution in [0.5, 0.6) is 5.75 Å². The lowest BCUT2D eigenvalue weighted by molar-refractivity contribution is -0.266. The molecule has 0 saturated heterocycles. The van der Waals surface area contributed by atoms with Gasteiger partial charge in [0.1, 0.15) is 5.69 Å². The summed E-state index contributed by atoms with van der Waals surface area (Å²) in [7, 11) is 0. The van der Waals surface area contributed by atoms with Crippen molar-refractivity contribution in [1.29, 1.82) is 0 Å². The van der Waals surface area contributed by atoms with Crippen LogP contribution in [0.1, 0.15) is 12.5 Å². The second-order valence-electron chi connectivity index (χ2n) is 3.79. The van der Waals surface area contributed by atoms with Gasteiger partial charge in [0.2, 0.25) is 0 Å². The van der Waals surface area contributed by atoms with Gasteiger partial charge in [-0.15, -0.1) is 5.23 Å². The van der Waals surface area contributed by atoms with Crippen molar-refractivity contribution >= 4 is 22.2 Å². The summed E-state index contributed by atoms with van der Waals surface area (Å²) in [5.74, 6) is -0.327. The van der Waals surface area contributed by atoms with E-state index in [0.29, 0.717) is 10.8 Å². The van der Waals surface area contributed by atoms with Crippen molar-refractivity contribution in [3.05, 3.63) is 35.9 Å². The lowest BCUT2D eigenvalue weighted by atomic mass is 10.0. The second kappa shape index (κ2) is 4.52. The fraction of sp³-hybridized carbons (Fsp3) is 0.0833. The summed E-state index contributed by atoms with van der Waals surface area (Å²) in [4.78, 5) is 0. The molecule has 0 aromatic heterocycles. The van der Waals surface area contributed by atoms with Crippen LogP contribution in [0.15, 0.2) is 35.5 Å². The maximum absolute atomic E-state index is 12.1. The molecule has 0 atom stereocenters. The van der Waals surface area contributed by atoms with Gasteiger partial charge in [0.15, 0.2) is 0 Å². The van der Waals surface area contributed by atoms with Gasteiger partial charge in [-0.1, -0.05) is 35.2 Å². The van der Waals surface area contributed by atoms with Crippen LogP contribution in [0.3, 0.4) is 0 Å². The third-order valence-electron chi connectivity index (χ3n) is 2.73. The third kappa shape index (κ3) is 1.83. The minimum absolute atomic E-state index is 0.0446. The maximum Gasteiger partial charge on any atom is 0.103 e. The van der Waals surface area contributed by atoms with Crippen LogP contribution in [0, 0.1) is 0 Å². The van der Waals surface area contributed by atoms with E-state index in [9.17, 15) is 15.5 Å². The quantitative estimate of drug-likeness (QED) is 0.426. The van der Waals surface area contributed by atoms with Gasteiger partial charge in [0, 0.05) is 5.39 Å². The number of oxime groups is 1. The first kappa shape index (κ1) is 12.2. The van der Waals surface area contributed by atoms with Gasteiger partial charge >= 0.3 is 0 Å². The smallest absolute Gasteiger partial charge is 0.103 e. The molecule has 0 amide bonds. The van der Waals surface area contributed by atoms with Crippen molar-refractivity contribution in [1.82, 2.24) is 0 Å². The Morgan fingerprint density at radius 2 is 1.83 bits per heavy atom. The van der Waals surface area contributed by atoms with E-state index in [4.69, 9.17) is 5.21 Å². The zero-order chi connectivity index (χ0) is 13.3. The summed E-state index contributed by atoms with van der Waals surface area (Å²) in [5, 5.41) is 42.8. The average Bonchev–Trinajstić information content (AvgIpc) is 2.38. The predicted octanol–water partition coefficient (Wildman–Crippen LogP) is 1.70. The highest BCUT2D eigenvalue weighted by atomic mass is 16.8. The number of hydrogen-bond donors (Lipinski definition) is 3. The normalized spacial score (nSPS) is 11.8. The van der Waals surface area contributed by atoms with Crippen molar-refractivity contribution in [2.24, 2.45) is 5.16 Å². The molecular formula is C12H11N2O4-. The Kier molecular flexibility index (Phi) is 3.05. The summed E-state index contributed by atoms with van der Waals surface area (Å²) in [6, 6.07) is 7.78. The van der Waals surface area contributed by atoms with E-state index in [0.717, 1.165) is 0 Å². The van der Waals surface area contributed by atoms with E-state index in [1.54, 1.807) is 24.3 Å². The van der Waals surface area contributed by atoms with Crippen LogP contribution in [0.25, 0.3) is 10.8 Å². The van der Waals surface area contributed by atoms with Crippen LogP contribution in [0.4, 0.5) is 5.69 Å². The molecule has 0 aliphatic rings. The highest BCUT2D eigenvalue weighted by Gasteiger charge is 2.11. The molecule has 0 aliphatic carbocycles. The molecule has 0 spiro atoms. The molecule has 0 saturated carbocycles. The van der Waals surface area contributed by atoms with Gasteiger partial charge in [-0.25, -0.2) is 0 Å². The van der Waals surface area contributed by atoms with Gasteiger partial charge in [0.05, 0.1) is 5.71 Å². The van der Waals surface area contributed by atoms with E-state index in [-0.39, 0.29) is 27.9 Å². The van der Waals surface area contributed by atoms with Crippen molar-refractivity contribution in [2.45, 2.75) is 6.92 Å². The molecular weight excluding hydrogens is 236 g/mol. The number of nitrogens with zero attached hydrogens (tertiary/aromatic N) is 2. The van der Waals surface area contributed by atoms with E-state index in [1.807, 2.05) is 0 Å². The summed E-state index contributed by atoms with van der Waals surface area (Å²) >= 11 is 0. The number of benzene rings is 2. The Balaban J connectivity index is 2.87. The highest BCUT2D eigenvalue weighted by molar-refractivity contribution is 6.09. The number of fused-ring (bicyclic) bond motifs is 1. The van der Waals surface area contributed by atoms with Crippen molar-refractivity contribution in [3.63, 3.8) is 0 Å². The minimum atomic E-state index is -0.327. The molecule has 0 bridgehead atoms. The van der Waals surface area contributed by atoms with Gasteiger partial charge < -0.3 is 10.3 Å². The van der Waals surface area contributed by atoms with E-state index < -0.39 is 0 Å². The van der Waals surface area contributed by atoms with Crippen molar-refractivity contribution in [2.75, 3.05) is 5.23 Å². The lowest BCUT2D eigenvalue weighted by Gasteiger charge is -2.20. The number of hydrogen-bond acceptors (Lipinski definition) is 6. The standard InChI is InChI=1S/C12H12N2O4/c1-7(13-16)10-6-11(14(17)18)8-4-2-3-5-9(8)12(10)15/h2-6,15-18H,1H3/p-1.